The van der Waals surface area contributed by atoms with E-state index in [2.05, 4.69) is 4.72 Å². The van der Waals surface area contributed by atoms with Crippen molar-refractivity contribution in [3.05, 3.63) is 29.8 Å². The minimum Gasteiger partial charge on any atom is -0.396 e. The van der Waals surface area contributed by atoms with Crippen LogP contribution in [0.5, 0.6) is 0 Å². The van der Waals surface area contributed by atoms with E-state index in [9.17, 15) is 8.42 Å². The van der Waals surface area contributed by atoms with Crippen molar-refractivity contribution in [2.75, 3.05) is 17.1 Å². The van der Waals surface area contributed by atoms with Crippen molar-refractivity contribution in [2.24, 2.45) is 5.41 Å². The van der Waals surface area contributed by atoms with Crippen molar-refractivity contribution in [3.8, 4) is 6.07 Å². The van der Waals surface area contributed by atoms with Crippen LogP contribution in [0, 0.1) is 16.7 Å². The van der Waals surface area contributed by atoms with Gasteiger partial charge >= 0.3 is 0 Å². The molecule has 0 unspecified atom stereocenters. The number of anilines is 1. The van der Waals surface area contributed by atoms with E-state index in [1.807, 2.05) is 6.07 Å². The standard InChI is InChI=1S/C12H16N2O3S/c1-12(2,8-15)9-18(16,17)14-11-5-3-4-10(6-11)7-13/h3-6,14-15H,8-9H2,1-2H3. The summed E-state index contributed by atoms with van der Waals surface area (Å²) in [6.07, 6.45) is 0. The van der Waals surface area contributed by atoms with E-state index >= 15 is 0 Å². The fraction of sp³-hybridized carbons (Fsp3) is 0.417. The van der Waals surface area contributed by atoms with Crippen molar-refractivity contribution in [1.82, 2.24) is 0 Å². The first-order valence-corrected chi connectivity index (χ1v) is 7.05. The molecule has 1 aromatic rings. The zero-order valence-corrected chi connectivity index (χ0v) is 11.2. The molecule has 0 aliphatic carbocycles. The van der Waals surface area contributed by atoms with Crippen LogP contribution in [0.25, 0.3) is 0 Å². The van der Waals surface area contributed by atoms with Gasteiger partial charge < -0.3 is 5.11 Å². The fourth-order valence-corrected chi connectivity index (χ4v) is 3.11. The predicted molar refractivity (Wildman–Crippen MR) is 69.4 cm³/mol. The van der Waals surface area contributed by atoms with Crippen LogP contribution in [-0.4, -0.2) is 25.9 Å². The van der Waals surface area contributed by atoms with Crippen molar-refractivity contribution in [1.29, 1.82) is 5.26 Å². The zero-order chi connectivity index (χ0) is 13.8. The van der Waals surface area contributed by atoms with Crippen LogP contribution in [-0.2, 0) is 10.0 Å². The van der Waals surface area contributed by atoms with Crippen molar-refractivity contribution >= 4 is 15.7 Å². The lowest BCUT2D eigenvalue weighted by Crippen LogP contribution is -2.31. The van der Waals surface area contributed by atoms with Gasteiger partial charge in [0.05, 0.1) is 17.4 Å². The lowest BCUT2D eigenvalue weighted by atomic mass is 9.98. The van der Waals surface area contributed by atoms with Gasteiger partial charge in [0.15, 0.2) is 0 Å². The Kier molecular flexibility index (Phi) is 4.33. The first-order chi connectivity index (χ1) is 8.28. The third kappa shape index (κ3) is 4.35. The molecule has 0 aromatic heterocycles. The number of nitrogens with one attached hydrogen (secondary N) is 1. The summed E-state index contributed by atoms with van der Waals surface area (Å²) in [5.41, 5.74) is 0.0259. The van der Waals surface area contributed by atoms with Crippen LogP contribution in [0.3, 0.4) is 0 Å². The molecule has 18 heavy (non-hydrogen) atoms. The number of nitrogens with zero attached hydrogens (tertiary/aromatic N) is 1. The van der Waals surface area contributed by atoms with Gasteiger partial charge in [-0.05, 0) is 18.2 Å². The second kappa shape index (κ2) is 5.38. The molecule has 1 aromatic carbocycles. The van der Waals surface area contributed by atoms with Crippen molar-refractivity contribution < 1.29 is 13.5 Å². The summed E-state index contributed by atoms with van der Waals surface area (Å²) in [7, 11) is -3.55. The molecule has 0 heterocycles. The lowest BCUT2D eigenvalue weighted by molar-refractivity contribution is 0.179. The summed E-state index contributed by atoms with van der Waals surface area (Å²) in [5.74, 6) is -0.187. The molecule has 5 nitrogen and oxygen atoms in total. The summed E-state index contributed by atoms with van der Waals surface area (Å²) in [5, 5.41) is 17.8. The third-order valence-electron chi connectivity index (χ3n) is 2.27. The molecule has 1 rings (SSSR count). The molecule has 0 radical (unpaired) electrons. The SMILES string of the molecule is CC(C)(CO)CS(=O)(=O)Nc1cccc(C#N)c1. The molecule has 0 atom stereocenters. The van der Waals surface area contributed by atoms with Crippen LogP contribution in [0.15, 0.2) is 24.3 Å². The van der Waals surface area contributed by atoms with Gasteiger partial charge in [-0.25, -0.2) is 8.42 Å². The molecule has 0 amide bonds. The van der Waals surface area contributed by atoms with Crippen LogP contribution in [0.1, 0.15) is 19.4 Å². The topological polar surface area (TPSA) is 90.2 Å². The van der Waals surface area contributed by atoms with Gasteiger partial charge in [0.2, 0.25) is 10.0 Å². The van der Waals surface area contributed by atoms with Crippen LogP contribution in [0.2, 0.25) is 0 Å². The van der Waals surface area contributed by atoms with Gasteiger partial charge in [-0.3, -0.25) is 4.72 Å². The van der Waals surface area contributed by atoms with Crippen LogP contribution in [0.4, 0.5) is 5.69 Å². The molecule has 0 fully saturated rings. The number of rotatable bonds is 5. The Hall–Kier alpha value is -1.58. The highest BCUT2D eigenvalue weighted by Crippen LogP contribution is 2.19. The van der Waals surface area contributed by atoms with E-state index in [0.717, 1.165) is 0 Å². The molecule has 0 spiro atoms. The minimum atomic E-state index is -3.55. The second-order valence-corrected chi connectivity index (χ2v) is 6.60. The first-order valence-electron chi connectivity index (χ1n) is 5.39. The normalized spacial score (nSPS) is 11.9. The Morgan fingerprint density at radius 1 is 1.44 bits per heavy atom. The smallest absolute Gasteiger partial charge is 0.233 e. The van der Waals surface area contributed by atoms with Crippen LogP contribution < -0.4 is 4.72 Å². The Bertz CT molecular complexity index is 559. The summed E-state index contributed by atoms with van der Waals surface area (Å²) >= 11 is 0. The Labute approximate surface area is 107 Å². The van der Waals surface area contributed by atoms with Gasteiger partial charge in [-0.15, -0.1) is 0 Å². The quantitative estimate of drug-likeness (QED) is 0.842. The number of benzene rings is 1. The highest BCUT2D eigenvalue weighted by atomic mass is 32.2. The van der Waals surface area contributed by atoms with Crippen LogP contribution >= 0.6 is 0 Å². The van der Waals surface area contributed by atoms with Gasteiger partial charge in [-0.1, -0.05) is 19.9 Å². The average molecular weight is 268 g/mol. The monoisotopic (exact) mass is 268 g/mol. The lowest BCUT2D eigenvalue weighted by Gasteiger charge is -2.21. The second-order valence-electron chi connectivity index (χ2n) is 4.88. The number of sulfonamides is 1. The number of aliphatic hydroxyl groups is 1. The Morgan fingerprint density at radius 2 is 2.11 bits per heavy atom. The van der Waals surface area contributed by atoms with Crippen molar-refractivity contribution in [3.63, 3.8) is 0 Å². The zero-order valence-electron chi connectivity index (χ0n) is 10.3. The number of hydrogen-bond acceptors (Lipinski definition) is 4. The summed E-state index contributed by atoms with van der Waals surface area (Å²) in [4.78, 5) is 0. The van der Waals surface area contributed by atoms with Gasteiger partial charge in [0.25, 0.3) is 0 Å². The summed E-state index contributed by atoms with van der Waals surface area (Å²) in [6, 6.07) is 8.17. The molecule has 6 heteroatoms. The molecular weight excluding hydrogens is 252 g/mol. The minimum absolute atomic E-state index is 0.187. The molecule has 0 aliphatic rings. The fourth-order valence-electron chi connectivity index (χ4n) is 1.43. The summed E-state index contributed by atoms with van der Waals surface area (Å²) < 4.78 is 26.1. The van der Waals surface area contributed by atoms with E-state index in [-0.39, 0.29) is 12.4 Å². The molecule has 2 N–H and O–H groups in total. The van der Waals surface area contributed by atoms with Crippen molar-refractivity contribution in [2.45, 2.75) is 13.8 Å². The number of hydrogen-bond donors (Lipinski definition) is 2. The van der Waals surface area contributed by atoms with Gasteiger partial charge in [-0.2, -0.15) is 5.26 Å². The Morgan fingerprint density at radius 3 is 2.67 bits per heavy atom. The molecule has 0 bridgehead atoms. The number of nitriles is 1. The highest BCUT2D eigenvalue weighted by Gasteiger charge is 2.25. The van der Waals surface area contributed by atoms with E-state index in [1.165, 1.54) is 6.07 Å². The average Bonchev–Trinajstić information content (AvgIpc) is 2.27. The van der Waals surface area contributed by atoms with Gasteiger partial charge in [0, 0.05) is 17.7 Å². The molecule has 0 saturated carbocycles. The van der Waals surface area contributed by atoms with E-state index in [0.29, 0.717) is 11.3 Å². The summed E-state index contributed by atoms with van der Waals surface area (Å²) in [6.45, 7) is 3.11. The molecule has 0 saturated heterocycles. The highest BCUT2D eigenvalue weighted by molar-refractivity contribution is 7.92. The predicted octanol–water partition coefficient (Wildman–Crippen LogP) is 1.32. The molecule has 0 aliphatic heterocycles. The maximum absolute atomic E-state index is 11.9. The van der Waals surface area contributed by atoms with E-state index < -0.39 is 15.4 Å². The molecule has 98 valence electrons. The first kappa shape index (κ1) is 14.5. The largest absolute Gasteiger partial charge is 0.396 e. The van der Waals surface area contributed by atoms with Gasteiger partial charge in [0.1, 0.15) is 0 Å². The number of aliphatic hydroxyl groups excluding tert-OH is 1. The molecular formula is C12H16N2O3S. The van der Waals surface area contributed by atoms with E-state index in [1.54, 1.807) is 32.0 Å². The maximum atomic E-state index is 11.9. The third-order valence-corrected chi connectivity index (χ3v) is 3.98. The van der Waals surface area contributed by atoms with E-state index in [4.69, 9.17) is 10.4 Å². The maximum Gasteiger partial charge on any atom is 0.233 e. The Balaban J connectivity index is 2.86.